The molecule has 4 rings (SSSR count). The number of nitrogens with one attached hydrogen (secondary N) is 3. The van der Waals surface area contributed by atoms with Gasteiger partial charge in [-0.15, -0.1) is 13.2 Å². The van der Waals surface area contributed by atoms with Crippen LogP contribution in [0.1, 0.15) is 42.5 Å². The molecule has 194 valence electrons. The summed E-state index contributed by atoms with van der Waals surface area (Å²) in [6.45, 7) is 1.44. The highest BCUT2D eigenvalue weighted by atomic mass is 19.4. The van der Waals surface area contributed by atoms with E-state index >= 15 is 0 Å². The minimum Gasteiger partial charge on any atom is -0.405 e. The van der Waals surface area contributed by atoms with Crippen LogP contribution in [0.25, 0.3) is 0 Å². The average molecular weight is 512 g/mol. The Hall–Kier alpha value is -3.91. The predicted octanol–water partition coefficient (Wildman–Crippen LogP) is 5.01. The van der Waals surface area contributed by atoms with Crippen molar-refractivity contribution in [3.8, 4) is 11.8 Å². The van der Waals surface area contributed by atoms with Gasteiger partial charge >= 0.3 is 6.36 Å². The third kappa shape index (κ3) is 8.05. The number of rotatable bonds is 10. The number of para-hydroxylation sites is 1. The summed E-state index contributed by atoms with van der Waals surface area (Å²) in [5, 5.41) is 19.2. The highest BCUT2D eigenvalue weighted by Gasteiger charge is 2.32. The summed E-state index contributed by atoms with van der Waals surface area (Å²) in [5.41, 5.74) is 1.63. The lowest BCUT2D eigenvalue weighted by Gasteiger charge is -2.29. The number of hydrogen-bond acceptors (Lipinski definition) is 8. The van der Waals surface area contributed by atoms with Crippen molar-refractivity contribution >= 4 is 11.8 Å². The maximum absolute atomic E-state index is 12.7. The maximum Gasteiger partial charge on any atom is 0.573 e. The van der Waals surface area contributed by atoms with Gasteiger partial charge in [0.25, 0.3) is 0 Å². The molecular weight excluding hydrogens is 483 g/mol. The number of nitriles is 1. The summed E-state index contributed by atoms with van der Waals surface area (Å²) in [7, 11) is 0. The molecule has 1 fully saturated rings. The number of halogens is 3. The molecule has 8 nitrogen and oxygen atoms in total. The first-order valence-corrected chi connectivity index (χ1v) is 12.1. The van der Waals surface area contributed by atoms with Gasteiger partial charge in [-0.05, 0) is 49.8 Å². The van der Waals surface area contributed by atoms with Gasteiger partial charge in [-0.2, -0.15) is 10.2 Å². The lowest BCUT2D eigenvalue weighted by Crippen LogP contribution is -2.34. The Morgan fingerprint density at radius 1 is 0.973 bits per heavy atom. The first-order valence-electron chi connectivity index (χ1n) is 12.1. The smallest absolute Gasteiger partial charge is 0.405 e. The van der Waals surface area contributed by atoms with Crippen LogP contribution in [0, 0.1) is 17.2 Å². The topological polar surface area (TPSA) is 108 Å². The van der Waals surface area contributed by atoms with Crippen LogP contribution in [-0.2, 0) is 13.1 Å². The van der Waals surface area contributed by atoms with Gasteiger partial charge in [0.1, 0.15) is 23.2 Å². The summed E-state index contributed by atoms with van der Waals surface area (Å²) in [6.07, 6.45) is 2.60. The molecule has 0 radical (unpaired) electrons. The largest absolute Gasteiger partial charge is 0.573 e. The van der Waals surface area contributed by atoms with Crippen LogP contribution < -0.4 is 20.7 Å². The fraction of sp³-hybridized carbons (Fsp3) is 0.385. The van der Waals surface area contributed by atoms with E-state index in [9.17, 15) is 18.4 Å². The number of pyridine rings is 1. The van der Waals surface area contributed by atoms with Crippen molar-refractivity contribution in [3.05, 3.63) is 71.7 Å². The van der Waals surface area contributed by atoms with E-state index in [1.165, 1.54) is 24.4 Å². The van der Waals surface area contributed by atoms with E-state index < -0.39 is 6.36 Å². The van der Waals surface area contributed by atoms with Gasteiger partial charge < -0.3 is 20.7 Å². The Kier molecular flexibility index (Phi) is 8.74. The number of anilines is 2. The van der Waals surface area contributed by atoms with Crippen molar-refractivity contribution in [3.63, 3.8) is 0 Å². The molecule has 1 aromatic carbocycles. The van der Waals surface area contributed by atoms with E-state index in [2.05, 4.69) is 41.7 Å². The average Bonchev–Trinajstić information content (AvgIpc) is 2.90. The molecule has 1 saturated carbocycles. The molecule has 2 heterocycles. The fourth-order valence-electron chi connectivity index (χ4n) is 4.30. The second-order valence-corrected chi connectivity index (χ2v) is 8.88. The SMILES string of the molecule is N#Cc1cnc(NCc2ccccc2OC(F)(F)F)nc1NCC1CCC(NCc2ccccn2)CC1. The van der Waals surface area contributed by atoms with Crippen LogP contribution in [0.2, 0.25) is 0 Å². The maximum atomic E-state index is 12.7. The molecule has 0 saturated heterocycles. The molecule has 0 unspecified atom stereocenters. The summed E-state index contributed by atoms with van der Waals surface area (Å²) >= 11 is 0. The molecule has 0 bridgehead atoms. The van der Waals surface area contributed by atoms with Gasteiger partial charge in [-0.25, -0.2) is 4.98 Å². The van der Waals surface area contributed by atoms with Crippen molar-refractivity contribution in [2.45, 2.75) is 51.2 Å². The van der Waals surface area contributed by atoms with E-state index in [-0.39, 0.29) is 18.2 Å². The number of nitrogens with zero attached hydrogens (tertiary/aromatic N) is 4. The molecule has 37 heavy (non-hydrogen) atoms. The van der Waals surface area contributed by atoms with Crippen molar-refractivity contribution in [1.29, 1.82) is 5.26 Å². The lowest BCUT2D eigenvalue weighted by atomic mass is 9.86. The van der Waals surface area contributed by atoms with Gasteiger partial charge in [0.05, 0.1) is 11.9 Å². The van der Waals surface area contributed by atoms with Gasteiger partial charge in [-0.3, -0.25) is 4.98 Å². The van der Waals surface area contributed by atoms with E-state index in [1.54, 1.807) is 12.3 Å². The van der Waals surface area contributed by atoms with Crippen LogP contribution in [0.5, 0.6) is 5.75 Å². The monoisotopic (exact) mass is 511 g/mol. The van der Waals surface area contributed by atoms with E-state index in [0.29, 0.717) is 35.4 Å². The number of ether oxygens (including phenoxy) is 1. The van der Waals surface area contributed by atoms with Crippen LogP contribution in [0.4, 0.5) is 24.9 Å². The molecule has 0 atom stereocenters. The normalized spacial score (nSPS) is 17.6. The molecule has 1 aliphatic rings. The van der Waals surface area contributed by atoms with Crippen LogP contribution in [0.3, 0.4) is 0 Å². The minimum absolute atomic E-state index is 0.0209. The zero-order chi connectivity index (χ0) is 26.1. The quantitative estimate of drug-likeness (QED) is 0.349. The zero-order valence-corrected chi connectivity index (χ0v) is 20.1. The predicted molar refractivity (Wildman–Crippen MR) is 133 cm³/mol. The number of alkyl halides is 3. The molecule has 2 aromatic heterocycles. The summed E-state index contributed by atoms with van der Waals surface area (Å²) < 4.78 is 42.1. The Morgan fingerprint density at radius 2 is 1.76 bits per heavy atom. The summed E-state index contributed by atoms with van der Waals surface area (Å²) in [6, 6.07) is 14.3. The lowest BCUT2D eigenvalue weighted by molar-refractivity contribution is -0.274. The summed E-state index contributed by atoms with van der Waals surface area (Å²) in [4.78, 5) is 12.9. The van der Waals surface area contributed by atoms with E-state index in [4.69, 9.17) is 0 Å². The van der Waals surface area contributed by atoms with Gasteiger partial charge in [-0.1, -0.05) is 24.3 Å². The zero-order valence-electron chi connectivity index (χ0n) is 20.1. The van der Waals surface area contributed by atoms with Gasteiger partial charge in [0.15, 0.2) is 0 Å². The molecule has 0 amide bonds. The Labute approximate surface area is 213 Å². The van der Waals surface area contributed by atoms with Crippen molar-refractivity contribution in [1.82, 2.24) is 20.3 Å². The molecule has 11 heteroatoms. The molecule has 3 N–H and O–H groups in total. The molecule has 0 aliphatic heterocycles. The van der Waals surface area contributed by atoms with Crippen molar-refractivity contribution in [2.75, 3.05) is 17.2 Å². The third-order valence-corrected chi connectivity index (χ3v) is 6.25. The fourth-order valence-corrected chi connectivity index (χ4v) is 4.30. The standard InChI is InChI=1S/C26H28F3N7O/c27-26(28,29)37-23-7-2-1-5-19(23)15-34-25-35-16-20(13-30)24(36-25)33-14-18-8-10-21(11-9-18)32-17-22-6-3-4-12-31-22/h1-7,12,16,18,21,32H,8-11,14-15,17H2,(H2,33,34,35,36). The second-order valence-electron chi connectivity index (χ2n) is 8.88. The van der Waals surface area contributed by atoms with Crippen molar-refractivity contribution < 1.29 is 17.9 Å². The summed E-state index contributed by atoms with van der Waals surface area (Å²) in [5.74, 6) is 0.748. The first kappa shape index (κ1) is 26.2. The molecular formula is C26H28F3N7O. The van der Waals surface area contributed by atoms with Crippen molar-refractivity contribution in [2.24, 2.45) is 5.92 Å². The number of benzene rings is 1. The second kappa shape index (κ2) is 12.4. The van der Waals surface area contributed by atoms with Crippen LogP contribution in [0.15, 0.2) is 54.9 Å². The minimum atomic E-state index is -4.79. The van der Waals surface area contributed by atoms with E-state index in [0.717, 1.165) is 37.9 Å². The molecule has 0 spiro atoms. The van der Waals surface area contributed by atoms with Gasteiger partial charge in [0, 0.05) is 37.4 Å². The Bertz CT molecular complexity index is 1190. The van der Waals surface area contributed by atoms with Gasteiger partial charge in [0.2, 0.25) is 5.95 Å². The van der Waals surface area contributed by atoms with Crippen LogP contribution in [-0.4, -0.2) is 33.9 Å². The Morgan fingerprint density at radius 3 is 2.49 bits per heavy atom. The number of aromatic nitrogens is 3. The molecule has 3 aromatic rings. The highest BCUT2D eigenvalue weighted by molar-refractivity contribution is 5.53. The number of hydrogen-bond donors (Lipinski definition) is 3. The third-order valence-electron chi connectivity index (χ3n) is 6.25. The first-order chi connectivity index (χ1) is 17.9. The highest BCUT2D eigenvalue weighted by Crippen LogP contribution is 2.27. The van der Waals surface area contributed by atoms with E-state index in [1.807, 2.05) is 18.2 Å². The molecule has 1 aliphatic carbocycles. The van der Waals surface area contributed by atoms with Crippen LogP contribution >= 0.6 is 0 Å². The Balaban J connectivity index is 1.28.